The van der Waals surface area contributed by atoms with E-state index >= 15 is 0 Å². The van der Waals surface area contributed by atoms with Crippen LogP contribution in [-0.4, -0.2) is 24.7 Å². The molecule has 0 aliphatic carbocycles. The molecule has 0 rings (SSSR count). The average molecular weight is 137 g/mol. The topological polar surface area (TPSA) is 77.4 Å². The highest BCUT2D eigenvalue weighted by atomic mass is 32.2. The monoisotopic (exact) mass is 137 g/mol. The Bertz CT molecular complexity index is 166. The Labute approximate surface area is 47.2 Å². The molecule has 0 spiro atoms. The van der Waals surface area contributed by atoms with Gasteiger partial charge in [0.15, 0.2) is 0 Å². The van der Waals surface area contributed by atoms with E-state index < -0.39 is 16.7 Å². The van der Waals surface area contributed by atoms with E-state index in [-0.39, 0.29) is 0 Å². The highest BCUT2D eigenvalue weighted by Gasteiger charge is 1.79. The zero-order valence-corrected chi connectivity index (χ0v) is 4.76. The van der Waals surface area contributed by atoms with Crippen LogP contribution in [0, 0.1) is 0 Å². The standard InChI is InChI=1S/C3H6O4S/c4-2-1-3-8(5,6)7/h1,3-4H,2H2,(H,5,6,7)/p-1/b3-1+. The van der Waals surface area contributed by atoms with Crippen molar-refractivity contribution < 1.29 is 18.1 Å². The molecule has 48 valence electrons. The van der Waals surface area contributed by atoms with Crippen LogP contribution in [0.3, 0.4) is 0 Å². The predicted octanol–water partition coefficient (Wildman–Crippen LogP) is -0.962. The molecule has 4 nitrogen and oxygen atoms in total. The molecule has 5 heteroatoms. The van der Waals surface area contributed by atoms with Crippen LogP contribution < -0.4 is 0 Å². The number of aliphatic hydroxyl groups excluding tert-OH is 1. The number of hydrogen-bond acceptors (Lipinski definition) is 4. The summed E-state index contributed by atoms with van der Waals surface area (Å²) in [5.74, 6) is 0. The molecule has 0 saturated carbocycles. The molecule has 0 amide bonds. The van der Waals surface area contributed by atoms with Crippen molar-refractivity contribution in [3.63, 3.8) is 0 Å². The van der Waals surface area contributed by atoms with Crippen LogP contribution in [0.25, 0.3) is 0 Å². The van der Waals surface area contributed by atoms with Gasteiger partial charge in [0.2, 0.25) is 0 Å². The Kier molecular flexibility index (Phi) is 2.67. The molecule has 0 aromatic rings. The van der Waals surface area contributed by atoms with Crippen molar-refractivity contribution in [3.05, 3.63) is 11.5 Å². The first-order chi connectivity index (χ1) is 3.56. The van der Waals surface area contributed by atoms with Crippen LogP contribution in [0.15, 0.2) is 11.5 Å². The summed E-state index contributed by atoms with van der Waals surface area (Å²) in [6.45, 7) is -0.429. The largest absolute Gasteiger partial charge is 0.744 e. The van der Waals surface area contributed by atoms with Gasteiger partial charge >= 0.3 is 0 Å². The fraction of sp³-hybridized carbons (Fsp3) is 0.333. The summed E-state index contributed by atoms with van der Waals surface area (Å²) in [6, 6.07) is 0. The van der Waals surface area contributed by atoms with Crippen molar-refractivity contribution in [2.75, 3.05) is 6.61 Å². The van der Waals surface area contributed by atoms with Crippen LogP contribution in [0.1, 0.15) is 0 Å². The van der Waals surface area contributed by atoms with Gasteiger partial charge in [-0.3, -0.25) is 0 Å². The lowest BCUT2D eigenvalue weighted by Crippen LogP contribution is -1.90. The molecule has 0 unspecified atom stereocenters. The maximum atomic E-state index is 9.64. The first-order valence-corrected chi connectivity index (χ1v) is 3.26. The second kappa shape index (κ2) is 2.81. The van der Waals surface area contributed by atoms with Crippen LogP contribution in [0.4, 0.5) is 0 Å². The molecule has 0 bridgehead atoms. The van der Waals surface area contributed by atoms with Gasteiger partial charge in [0.05, 0.1) is 6.61 Å². The first-order valence-electron chi connectivity index (χ1n) is 1.79. The van der Waals surface area contributed by atoms with Crippen LogP contribution in [-0.2, 0) is 10.1 Å². The van der Waals surface area contributed by atoms with E-state index in [0.29, 0.717) is 5.41 Å². The third kappa shape index (κ3) is 5.61. The highest BCUT2D eigenvalue weighted by molar-refractivity contribution is 7.88. The van der Waals surface area contributed by atoms with Gasteiger partial charge in [-0.1, -0.05) is 0 Å². The summed E-state index contributed by atoms with van der Waals surface area (Å²) >= 11 is 0. The average Bonchev–Trinajstić information content (AvgIpc) is 1.59. The molecule has 0 aromatic carbocycles. The summed E-state index contributed by atoms with van der Waals surface area (Å²) in [7, 11) is -4.28. The zero-order chi connectivity index (χ0) is 6.62. The Balaban J connectivity index is 3.92. The number of aliphatic hydroxyl groups is 1. The lowest BCUT2D eigenvalue weighted by molar-refractivity contribution is 0.342. The van der Waals surface area contributed by atoms with Crippen molar-refractivity contribution in [1.29, 1.82) is 0 Å². The van der Waals surface area contributed by atoms with E-state index in [2.05, 4.69) is 0 Å². The molecule has 8 heavy (non-hydrogen) atoms. The summed E-state index contributed by atoms with van der Waals surface area (Å²) in [5, 5.41) is 8.35. The van der Waals surface area contributed by atoms with Crippen molar-refractivity contribution in [2.45, 2.75) is 0 Å². The fourth-order valence-electron chi connectivity index (χ4n) is 0.161. The van der Waals surface area contributed by atoms with E-state index in [1.165, 1.54) is 0 Å². The fourth-order valence-corrected chi connectivity index (χ4v) is 0.483. The second-order valence-electron chi connectivity index (χ2n) is 1.05. The van der Waals surface area contributed by atoms with Gasteiger partial charge in [0.25, 0.3) is 0 Å². The zero-order valence-electron chi connectivity index (χ0n) is 3.94. The predicted molar refractivity (Wildman–Crippen MR) is 25.9 cm³/mol. The molecule has 0 fully saturated rings. The lowest BCUT2D eigenvalue weighted by atomic mass is 10.7. The van der Waals surface area contributed by atoms with E-state index in [1.807, 2.05) is 0 Å². The van der Waals surface area contributed by atoms with Gasteiger partial charge in [-0.25, -0.2) is 8.42 Å². The van der Waals surface area contributed by atoms with Gasteiger partial charge in [0, 0.05) is 5.41 Å². The number of rotatable bonds is 2. The summed E-state index contributed by atoms with van der Waals surface area (Å²) < 4.78 is 28.9. The molecule has 1 N–H and O–H groups in total. The summed E-state index contributed by atoms with van der Waals surface area (Å²) in [6.07, 6.45) is 0.863. The van der Waals surface area contributed by atoms with Crippen molar-refractivity contribution in [1.82, 2.24) is 0 Å². The molecule has 0 atom stereocenters. The van der Waals surface area contributed by atoms with E-state index in [0.717, 1.165) is 6.08 Å². The van der Waals surface area contributed by atoms with Gasteiger partial charge in [-0.05, 0) is 6.08 Å². The van der Waals surface area contributed by atoms with E-state index in [4.69, 9.17) is 5.11 Å². The van der Waals surface area contributed by atoms with Gasteiger partial charge in [-0.15, -0.1) is 0 Å². The van der Waals surface area contributed by atoms with Crippen LogP contribution in [0.5, 0.6) is 0 Å². The first kappa shape index (κ1) is 7.61. The van der Waals surface area contributed by atoms with Crippen molar-refractivity contribution in [2.24, 2.45) is 0 Å². The molecule has 0 aliphatic heterocycles. The smallest absolute Gasteiger partial charge is 0.117 e. The maximum Gasteiger partial charge on any atom is 0.117 e. The molecular formula is C3H5O4S-. The van der Waals surface area contributed by atoms with E-state index in [9.17, 15) is 13.0 Å². The molecule has 0 radical (unpaired) electrons. The Morgan fingerprint density at radius 3 is 2.25 bits per heavy atom. The minimum absolute atomic E-state index is 0.410. The highest BCUT2D eigenvalue weighted by Crippen LogP contribution is 1.81. The third-order valence-corrected chi connectivity index (χ3v) is 0.894. The number of hydrogen-bond donors (Lipinski definition) is 1. The molecule has 0 saturated heterocycles. The third-order valence-electron chi connectivity index (χ3n) is 0.368. The maximum absolute atomic E-state index is 9.64. The molecular weight excluding hydrogens is 132 g/mol. The SMILES string of the molecule is O=S(=O)([O-])/C=C/CO. The molecule has 0 aliphatic rings. The van der Waals surface area contributed by atoms with Gasteiger partial charge < -0.3 is 9.66 Å². The Hall–Kier alpha value is -0.390. The summed E-state index contributed by atoms with van der Waals surface area (Å²) in [4.78, 5) is 0. The minimum Gasteiger partial charge on any atom is -0.744 e. The van der Waals surface area contributed by atoms with Gasteiger partial charge in [0.1, 0.15) is 10.1 Å². The minimum atomic E-state index is -4.28. The van der Waals surface area contributed by atoms with Crippen LogP contribution >= 0.6 is 0 Å². The lowest BCUT2D eigenvalue weighted by Gasteiger charge is -1.95. The normalized spacial score (nSPS) is 12.8. The van der Waals surface area contributed by atoms with Gasteiger partial charge in [-0.2, -0.15) is 0 Å². The Morgan fingerprint density at radius 1 is 1.62 bits per heavy atom. The van der Waals surface area contributed by atoms with Crippen molar-refractivity contribution in [3.8, 4) is 0 Å². The molecule has 0 heterocycles. The van der Waals surface area contributed by atoms with Crippen molar-refractivity contribution >= 4 is 10.1 Å². The Morgan fingerprint density at radius 2 is 2.12 bits per heavy atom. The van der Waals surface area contributed by atoms with E-state index in [1.54, 1.807) is 0 Å². The molecule has 0 aromatic heterocycles. The quantitative estimate of drug-likeness (QED) is 0.497. The van der Waals surface area contributed by atoms with Crippen LogP contribution in [0.2, 0.25) is 0 Å². The second-order valence-corrected chi connectivity index (χ2v) is 2.30. The summed E-state index contributed by atoms with van der Waals surface area (Å²) in [5.41, 5.74) is 0.